The van der Waals surface area contributed by atoms with E-state index < -0.39 is 0 Å². The fourth-order valence-electron chi connectivity index (χ4n) is 3.22. The van der Waals surface area contributed by atoms with Gasteiger partial charge in [0.2, 0.25) is 0 Å². The molecule has 1 N–H and O–H groups in total. The van der Waals surface area contributed by atoms with Gasteiger partial charge in [-0.05, 0) is 64.6 Å². The Morgan fingerprint density at radius 3 is 2.72 bits per heavy atom. The Hall–Kier alpha value is -0.120. The summed E-state index contributed by atoms with van der Waals surface area (Å²) in [5.41, 5.74) is 0. The van der Waals surface area contributed by atoms with E-state index in [1.54, 1.807) is 0 Å². The van der Waals surface area contributed by atoms with E-state index in [0.29, 0.717) is 6.10 Å². The van der Waals surface area contributed by atoms with E-state index in [9.17, 15) is 0 Å². The minimum absolute atomic E-state index is 0.518. The fourth-order valence-corrected chi connectivity index (χ4v) is 3.22. The zero-order valence-electron chi connectivity index (χ0n) is 12.2. The van der Waals surface area contributed by atoms with E-state index in [1.165, 1.54) is 45.2 Å². The molecule has 0 spiro atoms. The second kappa shape index (κ2) is 7.46. The van der Waals surface area contributed by atoms with Crippen molar-refractivity contribution >= 4 is 0 Å². The Balaban J connectivity index is 1.57. The third-order valence-electron chi connectivity index (χ3n) is 4.73. The normalized spacial score (nSPS) is 31.7. The number of likely N-dealkylation sites (tertiary alicyclic amines) is 1. The van der Waals surface area contributed by atoms with E-state index in [1.807, 2.05) is 0 Å². The monoisotopic (exact) mass is 254 g/mol. The van der Waals surface area contributed by atoms with Crippen molar-refractivity contribution in [2.45, 2.75) is 58.1 Å². The summed E-state index contributed by atoms with van der Waals surface area (Å²) in [6, 6.07) is 0.762. The minimum Gasteiger partial charge on any atom is -0.378 e. The molecule has 3 nitrogen and oxygen atoms in total. The van der Waals surface area contributed by atoms with Gasteiger partial charge >= 0.3 is 0 Å². The van der Waals surface area contributed by atoms with Crippen LogP contribution in [0.25, 0.3) is 0 Å². The van der Waals surface area contributed by atoms with Crippen LogP contribution in [0.5, 0.6) is 0 Å². The molecule has 0 amide bonds. The van der Waals surface area contributed by atoms with Crippen molar-refractivity contribution in [2.75, 3.05) is 32.8 Å². The van der Waals surface area contributed by atoms with Gasteiger partial charge in [0.15, 0.2) is 0 Å². The number of piperidine rings is 2. The third kappa shape index (κ3) is 4.22. The zero-order valence-corrected chi connectivity index (χ0v) is 12.2. The number of hydrogen-bond donors (Lipinski definition) is 1. The molecular weight excluding hydrogens is 224 g/mol. The lowest BCUT2D eigenvalue weighted by molar-refractivity contribution is 0.0219. The molecule has 0 aromatic rings. The molecule has 2 aliphatic heterocycles. The van der Waals surface area contributed by atoms with Crippen LogP contribution in [0.15, 0.2) is 0 Å². The Labute approximate surface area is 112 Å². The van der Waals surface area contributed by atoms with Crippen LogP contribution in [0.4, 0.5) is 0 Å². The molecule has 2 aliphatic rings. The number of hydrogen-bond acceptors (Lipinski definition) is 3. The van der Waals surface area contributed by atoms with Crippen molar-refractivity contribution in [1.29, 1.82) is 0 Å². The highest BCUT2D eigenvalue weighted by molar-refractivity contribution is 4.78. The van der Waals surface area contributed by atoms with E-state index in [0.717, 1.165) is 31.7 Å². The zero-order chi connectivity index (χ0) is 12.8. The smallest absolute Gasteiger partial charge is 0.0599 e. The van der Waals surface area contributed by atoms with Crippen LogP contribution in [-0.2, 0) is 4.74 Å². The maximum Gasteiger partial charge on any atom is 0.0599 e. The number of ether oxygens (including phenoxy) is 1. The van der Waals surface area contributed by atoms with Crippen molar-refractivity contribution in [1.82, 2.24) is 10.2 Å². The van der Waals surface area contributed by atoms with Gasteiger partial charge in [0, 0.05) is 19.2 Å². The van der Waals surface area contributed by atoms with Crippen LogP contribution < -0.4 is 5.32 Å². The molecule has 0 aromatic heterocycles. The Bertz CT molecular complexity index is 229. The van der Waals surface area contributed by atoms with Gasteiger partial charge in [-0.3, -0.25) is 0 Å². The summed E-state index contributed by atoms with van der Waals surface area (Å²) < 4.78 is 5.97. The number of nitrogens with zero attached hydrogens (tertiary/aromatic N) is 1. The SMILES string of the molecule is CC1CCCN(CCCOC2CCNCC2)C1C. The molecule has 2 heterocycles. The maximum absolute atomic E-state index is 5.97. The summed E-state index contributed by atoms with van der Waals surface area (Å²) >= 11 is 0. The van der Waals surface area contributed by atoms with Gasteiger partial charge in [0.25, 0.3) is 0 Å². The Morgan fingerprint density at radius 2 is 1.94 bits per heavy atom. The summed E-state index contributed by atoms with van der Waals surface area (Å²) in [6.45, 7) is 10.5. The Morgan fingerprint density at radius 1 is 1.17 bits per heavy atom. The maximum atomic E-state index is 5.97. The molecule has 0 aliphatic carbocycles. The van der Waals surface area contributed by atoms with Gasteiger partial charge < -0.3 is 15.0 Å². The van der Waals surface area contributed by atoms with Crippen LogP contribution in [0.3, 0.4) is 0 Å². The van der Waals surface area contributed by atoms with Crippen molar-refractivity contribution < 1.29 is 4.74 Å². The van der Waals surface area contributed by atoms with Gasteiger partial charge in [-0.2, -0.15) is 0 Å². The number of nitrogens with one attached hydrogen (secondary N) is 1. The predicted molar refractivity (Wildman–Crippen MR) is 75.9 cm³/mol. The van der Waals surface area contributed by atoms with Crippen LogP contribution in [0, 0.1) is 5.92 Å². The second-order valence-corrected chi connectivity index (χ2v) is 6.07. The van der Waals surface area contributed by atoms with Crippen molar-refractivity contribution in [3.8, 4) is 0 Å². The molecule has 3 heteroatoms. The first kappa shape index (κ1) is 14.3. The molecule has 0 radical (unpaired) electrons. The molecule has 2 atom stereocenters. The van der Waals surface area contributed by atoms with Crippen LogP contribution >= 0.6 is 0 Å². The van der Waals surface area contributed by atoms with Crippen LogP contribution in [0.2, 0.25) is 0 Å². The predicted octanol–water partition coefficient (Wildman–Crippen LogP) is 2.27. The topological polar surface area (TPSA) is 24.5 Å². The first-order valence-corrected chi connectivity index (χ1v) is 7.83. The van der Waals surface area contributed by atoms with Crippen molar-refractivity contribution in [3.63, 3.8) is 0 Å². The molecule has 0 aromatic carbocycles. The summed E-state index contributed by atoms with van der Waals surface area (Å²) in [5, 5.41) is 3.38. The molecule has 2 fully saturated rings. The first-order chi connectivity index (χ1) is 8.77. The molecule has 0 saturated carbocycles. The van der Waals surface area contributed by atoms with Crippen LogP contribution in [0.1, 0.15) is 46.0 Å². The van der Waals surface area contributed by atoms with E-state index in [2.05, 4.69) is 24.1 Å². The summed E-state index contributed by atoms with van der Waals surface area (Å²) in [4.78, 5) is 2.65. The molecule has 0 bridgehead atoms. The van der Waals surface area contributed by atoms with E-state index in [-0.39, 0.29) is 0 Å². The van der Waals surface area contributed by atoms with Gasteiger partial charge in [-0.15, -0.1) is 0 Å². The largest absolute Gasteiger partial charge is 0.378 e. The lowest BCUT2D eigenvalue weighted by atomic mass is 9.92. The van der Waals surface area contributed by atoms with E-state index in [4.69, 9.17) is 4.74 Å². The number of rotatable bonds is 5. The molecule has 2 saturated heterocycles. The summed E-state index contributed by atoms with van der Waals surface area (Å²) in [5.74, 6) is 0.865. The lowest BCUT2D eigenvalue weighted by Crippen LogP contribution is -2.43. The first-order valence-electron chi connectivity index (χ1n) is 7.83. The highest BCUT2D eigenvalue weighted by Crippen LogP contribution is 2.22. The standard InChI is InChI=1S/C15H30N2O/c1-13-5-3-10-17(14(13)2)11-4-12-18-15-6-8-16-9-7-15/h13-16H,3-12H2,1-2H3. The summed E-state index contributed by atoms with van der Waals surface area (Å²) in [7, 11) is 0. The average molecular weight is 254 g/mol. The molecule has 106 valence electrons. The van der Waals surface area contributed by atoms with Crippen molar-refractivity contribution in [3.05, 3.63) is 0 Å². The molecular formula is C15H30N2O. The lowest BCUT2D eigenvalue weighted by Gasteiger charge is -2.38. The second-order valence-electron chi connectivity index (χ2n) is 6.07. The average Bonchev–Trinajstić information content (AvgIpc) is 2.40. The minimum atomic E-state index is 0.518. The Kier molecular flexibility index (Phi) is 5.93. The van der Waals surface area contributed by atoms with Gasteiger partial charge in [-0.1, -0.05) is 6.92 Å². The van der Waals surface area contributed by atoms with Crippen LogP contribution in [-0.4, -0.2) is 49.8 Å². The highest BCUT2D eigenvalue weighted by Gasteiger charge is 2.23. The summed E-state index contributed by atoms with van der Waals surface area (Å²) in [6.07, 6.45) is 6.88. The third-order valence-corrected chi connectivity index (χ3v) is 4.73. The van der Waals surface area contributed by atoms with Gasteiger partial charge in [-0.25, -0.2) is 0 Å². The quantitative estimate of drug-likeness (QED) is 0.762. The molecule has 2 rings (SSSR count). The van der Waals surface area contributed by atoms with Gasteiger partial charge in [0.1, 0.15) is 0 Å². The molecule has 18 heavy (non-hydrogen) atoms. The van der Waals surface area contributed by atoms with Crippen molar-refractivity contribution in [2.24, 2.45) is 5.92 Å². The van der Waals surface area contributed by atoms with E-state index >= 15 is 0 Å². The van der Waals surface area contributed by atoms with Gasteiger partial charge in [0.05, 0.1) is 6.10 Å². The molecule has 2 unspecified atom stereocenters. The fraction of sp³-hybridized carbons (Fsp3) is 1.00. The highest BCUT2D eigenvalue weighted by atomic mass is 16.5.